The number of hydrogen-bond donors (Lipinski definition) is 1. The maximum Gasteiger partial charge on any atom is 0.310 e. The van der Waals surface area contributed by atoms with Crippen LogP contribution >= 0.6 is 0 Å². The lowest BCUT2D eigenvalue weighted by Gasteiger charge is -2.27. The largest absolute Gasteiger partial charge is 0.477 e. The number of hydrogen-bond acceptors (Lipinski definition) is 5. The van der Waals surface area contributed by atoms with Crippen LogP contribution in [0.3, 0.4) is 0 Å². The zero-order chi connectivity index (χ0) is 18.7. The van der Waals surface area contributed by atoms with Gasteiger partial charge in [-0.25, -0.2) is 0 Å². The molecule has 0 saturated carbocycles. The molecule has 0 aromatic heterocycles. The van der Waals surface area contributed by atoms with Gasteiger partial charge in [0.1, 0.15) is 0 Å². The van der Waals surface area contributed by atoms with Gasteiger partial charge in [-0.1, -0.05) is 24.3 Å². The van der Waals surface area contributed by atoms with Gasteiger partial charge in [0, 0.05) is 18.5 Å². The highest BCUT2D eigenvalue weighted by Crippen LogP contribution is 2.32. The summed E-state index contributed by atoms with van der Waals surface area (Å²) in [4.78, 5) is 36.7. The third-order valence-electron chi connectivity index (χ3n) is 4.04. The third-order valence-corrected chi connectivity index (χ3v) is 4.04. The molecular formula is C18H17N3O5. The highest BCUT2D eigenvalue weighted by Gasteiger charge is 2.30. The molecule has 2 aromatic carbocycles. The first-order valence-corrected chi connectivity index (χ1v) is 8.04. The molecule has 1 heterocycles. The van der Waals surface area contributed by atoms with Crippen molar-refractivity contribution >= 4 is 28.9 Å². The smallest absolute Gasteiger partial charge is 0.310 e. The van der Waals surface area contributed by atoms with E-state index in [4.69, 9.17) is 4.74 Å². The molecule has 0 saturated heterocycles. The van der Waals surface area contributed by atoms with Gasteiger partial charge in [0.25, 0.3) is 5.91 Å². The number of anilines is 2. The second-order valence-electron chi connectivity index (χ2n) is 5.90. The van der Waals surface area contributed by atoms with Gasteiger partial charge < -0.3 is 15.0 Å². The first-order valence-electron chi connectivity index (χ1n) is 8.04. The molecule has 0 bridgehead atoms. The molecule has 26 heavy (non-hydrogen) atoms. The lowest BCUT2D eigenvalue weighted by atomic mass is 10.1. The van der Waals surface area contributed by atoms with Crippen LogP contribution in [0.5, 0.6) is 5.75 Å². The number of carbonyl (C=O) groups excluding carboxylic acids is 2. The number of nitrogens with zero attached hydrogens (tertiary/aromatic N) is 2. The molecule has 2 amide bonds. The summed E-state index contributed by atoms with van der Waals surface area (Å²) in [6, 6.07) is 12.5. The zero-order valence-corrected chi connectivity index (χ0v) is 14.0. The molecule has 2 aromatic rings. The normalized spacial score (nSPS) is 16.3. The highest BCUT2D eigenvalue weighted by atomic mass is 16.6. The van der Waals surface area contributed by atoms with Crippen molar-refractivity contribution in [2.24, 2.45) is 0 Å². The summed E-state index contributed by atoms with van der Waals surface area (Å²) in [5, 5.41) is 13.8. The molecular weight excluding hydrogens is 338 g/mol. The summed E-state index contributed by atoms with van der Waals surface area (Å²) in [5.74, 6) is -0.546. The molecule has 0 radical (unpaired) electrons. The van der Waals surface area contributed by atoms with Crippen molar-refractivity contribution in [3.05, 3.63) is 58.6 Å². The van der Waals surface area contributed by atoms with Crippen molar-refractivity contribution in [1.29, 1.82) is 0 Å². The topological polar surface area (TPSA) is 102 Å². The fourth-order valence-corrected chi connectivity index (χ4v) is 2.91. The quantitative estimate of drug-likeness (QED) is 0.671. The van der Waals surface area contributed by atoms with Crippen molar-refractivity contribution in [3.63, 3.8) is 0 Å². The molecule has 0 aliphatic carbocycles. The Bertz CT molecular complexity index is 867. The van der Waals surface area contributed by atoms with Crippen LogP contribution in [0.25, 0.3) is 0 Å². The summed E-state index contributed by atoms with van der Waals surface area (Å²) in [5.41, 5.74) is 0.907. The average Bonchev–Trinajstić information content (AvgIpc) is 2.74. The molecule has 1 N–H and O–H groups in total. The van der Waals surface area contributed by atoms with E-state index < -0.39 is 4.92 Å². The van der Waals surface area contributed by atoms with E-state index in [0.29, 0.717) is 11.4 Å². The van der Waals surface area contributed by atoms with Gasteiger partial charge in [-0.3, -0.25) is 19.7 Å². The molecule has 8 nitrogen and oxygen atoms in total. The summed E-state index contributed by atoms with van der Waals surface area (Å²) < 4.78 is 5.41. The summed E-state index contributed by atoms with van der Waals surface area (Å²) in [7, 11) is 0. The highest BCUT2D eigenvalue weighted by molar-refractivity contribution is 6.04. The van der Waals surface area contributed by atoms with E-state index in [-0.39, 0.29) is 42.3 Å². The van der Waals surface area contributed by atoms with Crippen LogP contribution in [0.2, 0.25) is 0 Å². The number of carbonyl (C=O) groups is 2. The maximum atomic E-state index is 12.8. The summed E-state index contributed by atoms with van der Waals surface area (Å²) >= 11 is 0. The Hall–Kier alpha value is -3.42. The van der Waals surface area contributed by atoms with Crippen LogP contribution in [0.4, 0.5) is 17.1 Å². The Kier molecular flexibility index (Phi) is 4.83. The molecule has 1 atom stereocenters. The molecule has 134 valence electrons. The van der Waals surface area contributed by atoms with Gasteiger partial charge in [0.2, 0.25) is 5.91 Å². The minimum atomic E-state index is -0.563. The number of benzene rings is 2. The minimum Gasteiger partial charge on any atom is -0.477 e. The Morgan fingerprint density at radius 1 is 1.27 bits per heavy atom. The van der Waals surface area contributed by atoms with E-state index in [2.05, 4.69) is 5.32 Å². The van der Waals surface area contributed by atoms with Gasteiger partial charge >= 0.3 is 5.69 Å². The first-order chi connectivity index (χ1) is 12.5. The van der Waals surface area contributed by atoms with Crippen molar-refractivity contribution in [1.82, 2.24) is 0 Å². The number of nitro groups is 1. The van der Waals surface area contributed by atoms with Crippen LogP contribution in [0.15, 0.2) is 48.5 Å². The molecule has 3 rings (SSSR count). The average molecular weight is 355 g/mol. The molecule has 0 spiro atoms. The van der Waals surface area contributed by atoms with Crippen molar-refractivity contribution in [2.45, 2.75) is 19.4 Å². The minimum absolute atomic E-state index is 0.0239. The first kappa shape index (κ1) is 17.4. The third kappa shape index (κ3) is 3.49. The summed E-state index contributed by atoms with van der Waals surface area (Å²) in [6.45, 7) is 1.39. The van der Waals surface area contributed by atoms with Crippen LogP contribution < -0.4 is 15.0 Å². The van der Waals surface area contributed by atoms with E-state index in [1.54, 1.807) is 37.3 Å². The molecule has 1 unspecified atom stereocenters. The van der Waals surface area contributed by atoms with Crippen LogP contribution in [0.1, 0.15) is 13.3 Å². The monoisotopic (exact) mass is 355 g/mol. The van der Waals surface area contributed by atoms with E-state index in [9.17, 15) is 19.7 Å². The second-order valence-corrected chi connectivity index (χ2v) is 5.90. The molecule has 1 aliphatic rings. The maximum absolute atomic E-state index is 12.8. The fraction of sp³-hybridized carbons (Fsp3) is 0.222. The molecule has 1 aliphatic heterocycles. The summed E-state index contributed by atoms with van der Waals surface area (Å²) in [6.07, 6.45) is 0.145. The number of nitrogens with one attached hydrogen (secondary N) is 1. The zero-order valence-electron chi connectivity index (χ0n) is 14.0. The predicted molar refractivity (Wildman–Crippen MR) is 95.2 cm³/mol. The molecule has 8 heteroatoms. The van der Waals surface area contributed by atoms with Crippen LogP contribution in [0, 0.1) is 10.1 Å². The van der Waals surface area contributed by atoms with E-state index in [0.717, 1.165) is 0 Å². The van der Waals surface area contributed by atoms with Gasteiger partial charge in [-0.05, 0) is 25.1 Å². The van der Waals surface area contributed by atoms with Gasteiger partial charge in [0.05, 0.1) is 16.3 Å². The van der Waals surface area contributed by atoms with E-state index in [1.165, 1.54) is 23.1 Å². The number of nitro benzene ring substituents is 1. The Morgan fingerprint density at radius 2 is 1.96 bits per heavy atom. The number of rotatable bonds is 4. The van der Waals surface area contributed by atoms with E-state index in [1.807, 2.05) is 0 Å². The van der Waals surface area contributed by atoms with Gasteiger partial charge in [0.15, 0.2) is 12.4 Å². The Labute approximate surface area is 149 Å². The van der Waals surface area contributed by atoms with E-state index >= 15 is 0 Å². The van der Waals surface area contributed by atoms with Crippen LogP contribution in [-0.4, -0.2) is 29.4 Å². The number of amides is 2. The number of fused-ring (bicyclic) bond motifs is 1. The lowest BCUT2D eigenvalue weighted by Crippen LogP contribution is -2.41. The predicted octanol–water partition coefficient (Wildman–Crippen LogP) is 2.74. The second kappa shape index (κ2) is 7.22. The SMILES string of the molecule is CC1CC(=O)Nc2ccccc2N1C(=O)COc1ccccc1[N+](=O)[O-]. The standard InChI is InChI=1S/C18H17N3O5/c1-12-10-17(22)19-13-6-2-3-7-14(13)20(12)18(23)11-26-16-9-5-4-8-15(16)21(24)25/h2-9,12H,10-11H2,1H3,(H,19,22). The van der Waals surface area contributed by atoms with Gasteiger partial charge in [-0.2, -0.15) is 0 Å². The number of para-hydroxylation sites is 4. The van der Waals surface area contributed by atoms with Crippen molar-refractivity contribution in [2.75, 3.05) is 16.8 Å². The number of ether oxygens (including phenoxy) is 1. The van der Waals surface area contributed by atoms with Crippen LogP contribution in [-0.2, 0) is 9.59 Å². The van der Waals surface area contributed by atoms with Crippen molar-refractivity contribution in [3.8, 4) is 5.75 Å². The molecule has 0 fully saturated rings. The fourth-order valence-electron chi connectivity index (χ4n) is 2.91. The Morgan fingerprint density at radius 3 is 2.73 bits per heavy atom. The Balaban J connectivity index is 1.83. The lowest BCUT2D eigenvalue weighted by molar-refractivity contribution is -0.385. The van der Waals surface area contributed by atoms with Gasteiger partial charge in [-0.15, -0.1) is 0 Å². The van der Waals surface area contributed by atoms with Crippen molar-refractivity contribution < 1.29 is 19.2 Å².